The summed E-state index contributed by atoms with van der Waals surface area (Å²) in [4.78, 5) is 0. The molecule has 168 valence electrons. The van der Waals surface area contributed by atoms with Gasteiger partial charge in [-0.25, -0.2) is 4.39 Å². The summed E-state index contributed by atoms with van der Waals surface area (Å²) in [6.45, 7) is 4.55. The number of hydrogen-bond acceptors (Lipinski definition) is 6. The Kier molecular flexibility index (Phi) is 6.78. The number of rotatable bonds is 7. The molecule has 0 aliphatic carbocycles. The maximum atomic E-state index is 15.0. The molecular formula is C25H26FNO5. The Balaban J connectivity index is 2.11. The fourth-order valence-electron chi connectivity index (χ4n) is 3.37. The van der Waals surface area contributed by atoms with Gasteiger partial charge in [0.2, 0.25) is 0 Å². The fraction of sp³-hybridized carbons (Fsp3) is 0.200. The minimum absolute atomic E-state index is 0.0533. The predicted molar refractivity (Wildman–Crippen MR) is 123 cm³/mol. The molecule has 0 atom stereocenters. The summed E-state index contributed by atoms with van der Waals surface area (Å²) >= 11 is 0. The van der Waals surface area contributed by atoms with Gasteiger partial charge in [-0.1, -0.05) is 17.7 Å². The number of methoxy groups -OCH3 is 2. The van der Waals surface area contributed by atoms with Crippen molar-refractivity contribution in [3.8, 4) is 51.0 Å². The molecule has 0 unspecified atom stereocenters. The summed E-state index contributed by atoms with van der Waals surface area (Å²) in [6, 6.07) is 10.4. The maximum Gasteiger partial charge on any atom is 0.170 e. The summed E-state index contributed by atoms with van der Waals surface area (Å²) < 4.78 is 25.9. The van der Waals surface area contributed by atoms with Crippen LogP contribution >= 0.6 is 0 Å². The predicted octanol–water partition coefficient (Wildman–Crippen LogP) is 5.67. The number of phenols is 3. The number of aromatic hydroxyl groups is 3. The first-order valence-electron chi connectivity index (χ1n) is 9.94. The van der Waals surface area contributed by atoms with Crippen LogP contribution in [0.5, 0.6) is 28.7 Å². The molecule has 0 bridgehead atoms. The molecule has 3 aromatic carbocycles. The van der Waals surface area contributed by atoms with E-state index >= 15 is 4.39 Å². The molecule has 0 saturated carbocycles. The van der Waals surface area contributed by atoms with Crippen molar-refractivity contribution in [3.63, 3.8) is 0 Å². The van der Waals surface area contributed by atoms with Gasteiger partial charge in [-0.05, 0) is 55.8 Å². The molecule has 3 aromatic rings. The first kappa shape index (κ1) is 22.8. The number of anilines is 1. The molecule has 0 fully saturated rings. The van der Waals surface area contributed by atoms with Gasteiger partial charge in [-0.3, -0.25) is 0 Å². The van der Waals surface area contributed by atoms with E-state index in [1.165, 1.54) is 38.5 Å². The van der Waals surface area contributed by atoms with Gasteiger partial charge in [0.05, 0.1) is 19.8 Å². The van der Waals surface area contributed by atoms with Crippen molar-refractivity contribution in [2.24, 2.45) is 0 Å². The van der Waals surface area contributed by atoms with Gasteiger partial charge < -0.3 is 30.1 Å². The van der Waals surface area contributed by atoms with E-state index in [1.807, 2.05) is 19.9 Å². The summed E-state index contributed by atoms with van der Waals surface area (Å²) in [5.74, 6) is -1.13. The zero-order valence-electron chi connectivity index (χ0n) is 18.4. The molecule has 4 N–H and O–H groups in total. The topological polar surface area (TPSA) is 91.2 Å². The van der Waals surface area contributed by atoms with E-state index in [0.717, 1.165) is 5.57 Å². The van der Waals surface area contributed by atoms with Crippen LogP contribution in [0.1, 0.15) is 13.8 Å². The molecule has 0 amide bonds. The molecule has 0 heterocycles. The average Bonchev–Trinajstić information content (AvgIpc) is 2.75. The van der Waals surface area contributed by atoms with Gasteiger partial charge in [-0.2, -0.15) is 0 Å². The Morgan fingerprint density at radius 1 is 0.938 bits per heavy atom. The number of allylic oxidation sites excluding steroid dienone is 1. The molecule has 0 aliphatic rings. The third kappa shape index (κ3) is 4.56. The minimum Gasteiger partial charge on any atom is -0.504 e. The lowest BCUT2D eigenvalue weighted by atomic mass is 9.96. The fourth-order valence-corrected chi connectivity index (χ4v) is 3.37. The summed E-state index contributed by atoms with van der Waals surface area (Å²) in [5, 5.41) is 33.6. The Hall–Kier alpha value is -3.87. The number of halogens is 1. The highest BCUT2D eigenvalue weighted by molar-refractivity contribution is 5.88. The Morgan fingerprint density at radius 2 is 1.69 bits per heavy atom. The van der Waals surface area contributed by atoms with Crippen molar-refractivity contribution in [2.45, 2.75) is 13.8 Å². The monoisotopic (exact) mass is 439 g/mol. The molecule has 0 aromatic heterocycles. The Bertz CT molecular complexity index is 1170. The number of benzene rings is 3. The maximum absolute atomic E-state index is 15.0. The van der Waals surface area contributed by atoms with E-state index in [2.05, 4.69) is 5.32 Å². The number of nitrogens with one attached hydrogen (secondary N) is 1. The van der Waals surface area contributed by atoms with E-state index in [0.29, 0.717) is 23.4 Å². The highest BCUT2D eigenvalue weighted by atomic mass is 19.1. The summed E-state index contributed by atoms with van der Waals surface area (Å²) in [6.07, 6.45) is 2.00. The van der Waals surface area contributed by atoms with Crippen molar-refractivity contribution >= 4 is 5.69 Å². The second-order valence-electron chi connectivity index (χ2n) is 7.44. The van der Waals surface area contributed by atoms with Gasteiger partial charge >= 0.3 is 0 Å². The van der Waals surface area contributed by atoms with Gasteiger partial charge in [-0.15, -0.1) is 0 Å². The molecule has 6 nitrogen and oxygen atoms in total. The third-order valence-electron chi connectivity index (χ3n) is 4.98. The van der Waals surface area contributed by atoms with Crippen LogP contribution in [0.3, 0.4) is 0 Å². The van der Waals surface area contributed by atoms with Gasteiger partial charge in [0.1, 0.15) is 11.6 Å². The van der Waals surface area contributed by atoms with Gasteiger partial charge in [0.25, 0.3) is 0 Å². The first-order valence-corrected chi connectivity index (χ1v) is 9.94. The van der Waals surface area contributed by atoms with E-state index in [1.54, 1.807) is 18.2 Å². The van der Waals surface area contributed by atoms with Crippen LogP contribution in [-0.4, -0.2) is 36.1 Å². The SMILES string of the molecule is COc1cc(-c2ccc(NCC=C(C)C)cc2F)c(OC)c(O)c1-c1ccc(O)c(O)c1. The van der Waals surface area contributed by atoms with Crippen molar-refractivity contribution in [1.29, 1.82) is 0 Å². The Labute approximate surface area is 186 Å². The zero-order chi connectivity index (χ0) is 23.4. The Morgan fingerprint density at radius 3 is 2.28 bits per heavy atom. The highest BCUT2D eigenvalue weighted by Crippen LogP contribution is 2.50. The van der Waals surface area contributed by atoms with E-state index in [4.69, 9.17) is 9.47 Å². The molecule has 0 saturated heterocycles. The molecular weight excluding hydrogens is 413 g/mol. The number of ether oxygens (including phenoxy) is 2. The van der Waals surface area contributed by atoms with Crippen LogP contribution in [0.4, 0.5) is 10.1 Å². The largest absolute Gasteiger partial charge is 0.504 e. The smallest absolute Gasteiger partial charge is 0.170 e. The van der Waals surface area contributed by atoms with Crippen LogP contribution in [0.25, 0.3) is 22.3 Å². The highest BCUT2D eigenvalue weighted by Gasteiger charge is 2.23. The second-order valence-corrected chi connectivity index (χ2v) is 7.44. The van der Waals surface area contributed by atoms with Crippen LogP contribution in [-0.2, 0) is 0 Å². The third-order valence-corrected chi connectivity index (χ3v) is 4.98. The molecule has 32 heavy (non-hydrogen) atoms. The molecule has 7 heteroatoms. The molecule has 0 spiro atoms. The van der Waals surface area contributed by atoms with Crippen molar-refractivity contribution in [3.05, 3.63) is 59.9 Å². The number of hydrogen-bond donors (Lipinski definition) is 4. The lowest BCUT2D eigenvalue weighted by molar-refractivity contribution is 0.369. The van der Waals surface area contributed by atoms with Gasteiger partial charge in [0, 0.05) is 23.4 Å². The van der Waals surface area contributed by atoms with Crippen LogP contribution in [0.15, 0.2) is 54.1 Å². The second kappa shape index (κ2) is 9.51. The lowest BCUT2D eigenvalue weighted by Crippen LogP contribution is -2.00. The summed E-state index contributed by atoms with van der Waals surface area (Å²) in [5.41, 5.74) is 2.94. The van der Waals surface area contributed by atoms with E-state index in [9.17, 15) is 15.3 Å². The van der Waals surface area contributed by atoms with Crippen LogP contribution in [0, 0.1) is 5.82 Å². The minimum atomic E-state index is -0.498. The lowest BCUT2D eigenvalue weighted by Gasteiger charge is -2.18. The summed E-state index contributed by atoms with van der Waals surface area (Å²) in [7, 11) is 2.79. The van der Waals surface area contributed by atoms with Crippen LogP contribution in [0.2, 0.25) is 0 Å². The molecule has 0 radical (unpaired) electrons. The van der Waals surface area contributed by atoms with Crippen molar-refractivity contribution in [2.75, 3.05) is 26.1 Å². The van der Waals surface area contributed by atoms with Gasteiger partial charge in [0.15, 0.2) is 23.0 Å². The van der Waals surface area contributed by atoms with Crippen molar-refractivity contribution in [1.82, 2.24) is 0 Å². The van der Waals surface area contributed by atoms with Crippen LogP contribution < -0.4 is 14.8 Å². The standard InChI is InChI=1S/C25H26FNO5/c1-14(2)9-10-27-16-6-7-17(19(26)12-16)18-13-22(31-3)23(24(30)25(18)32-4)15-5-8-20(28)21(29)11-15/h5-9,11-13,27-30H,10H2,1-4H3. The number of phenolic OH excluding ortho intramolecular Hbond substituents is 3. The molecule has 3 rings (SSSR count). The van der Waals surface area contributed by atoms with E-state index < -0.39 is 5.82 Å². The van der Waals surface area contributed by atoms with E-state index in [-0.39, 0.29) is 39.9 Å². The quantitative estimate of drug-likeness (QED) is 0.280. The zero-order valence-corrected chi connectivity index (χ0v) is 18.4. The van der Waals surface area contributed by atoms with Crippen molar-refractivity contribution < 1.29 is 29.2 Å². The first-order chi connectivity index (χ1) is 15.3. The normalized spacial score (nSPS) is 10.5. The molecule has 0 aliphatic heterocycles. The average molecular weight is 439 g/mol.